The van der Waals surface area contributed by atoms with Crippen molar-refractivity contribution < 1.29 is 14.4 Å². The van der Waals surface area contributed by atoms with Crippen molar-refractivity contribution in [2.75, 3.05) is 0 Å². The van der Waals surface area contributed by atoms with E-state index in [1.54, 1.807) is 0 Å². The SMILES string of the molecule is CC(=O)c1cccc(C(N)=O)c1C(C)=O. The molecule has 2 N–H and O–H groups in total. The van der Waals surface area contributed by atoms with E-state index in [2.05, 4.69) is 0 Å². The molecule has 4 nitrogen and oxygen atoms in total. The Hall–Kier alpha value is -1.97. The van der Waals surface area contributed by atoms with Crippen molar-refractivity contribution in [3.8, 4) is 0 Å². The minimum atomic E-state index is -0.705. The van der Waals surface area contributed by atoms with E-state index in [4.69, 9.17) is 5.73 Å². The molecule has 0 saturated heterocycles. The van der Waals surface area contributed by atoms with Crippen LogP contribution in [0, 0.1) is 0 Å². The predicted octanol–water partition coefficient (Wildman–Crippen LogP) is 1.19. The highest BCUT2D eigenvalue weighted by atomic mass is 16.1. The van der Waals surface area contributed by atoms with Gasteiger partial charge in [-0.3, -0.25) is 14.4 Å². The first-order valence-electron chi connectivity index (χ1n) is 4.40. The van der Waals surface area contributed by atoms with Gasteiger partial charge in [0.25, 0.3) is 0 Å². The van der Waals surface area contributed by atoms with Crippen LogP contribution in [-0.2, 0) is 0 Å². The number of benzene rings is 1. The number of hydrogen-bond donors (Lipinski definition) is 1. The third-order valence-corrected chi connectivity index (χ3v) is 2.06. The maximum absolute atomic E-state index is 11.3. The molecule has 0 heterocycles. The van der Waals surface area contributed by atoms with Crippen molar-refractivity contribution in [3.05, 3.63) is 34.9 Å². The van der Waals surface area contributed by atoms with Crippen molar-refractivity contribution in [3.63, 3.8) is 0 Å². The molecular weight excluding hydrogens is 194 g/mol. The first-order chi connectivity index (χ1) is 6.95. The normalized spacial score (nSPS) is 9.73. The van der Waals surface area contributed by atoms with Gasteiger partial charge in [-0.15, -0.1) is 0 Å². The molecule has 1 aromatic carbocycles. The van der Waals surface area contributed by atoms with Crippen molar-refractivity contribution in [2.45, 2.75) is 13.8 Å². The molecule has 0 bridgehead atoms. The summed E-state index contributed by atoms with van der Waals surface area (Å²) in [4.78, 5) is 33.6. The molecule has 15 heavy (non-hydrogen) atoms. The molecule has 4 heteroatoms. The van der Waals surface area contributed by atoms with E-state index < -0.39 is 5.91 Å². The second-order valence-electron chi connectivity index (χ2n) is 3.20. The molecule has 0 aromatic heterocycles. The lowest BCUT2D eigenvalue weighted by Crippen LogP contribution is -2.18. The number of amides is 1. The van der Waals surface area contributed by atoms with Gasteiger partial charge in [0, 0.05) is 11.1 Å². The smallest absolute Gasteiger partial charge is 0.249 e. The molecule has 1 rings (SSSR count). The van der Waals surface area contributed by atoms with Crippen LogP contribution in [0.5, 0.6) is 0 Å². The molecule has 1 aromatic rings. The Morgan fingerprint density at radius 3 is 1.93 bits per heavy atom. The number of ketones is 2. The summed E-state index contributed by atoms with van der Waals surface area (Å²) >= 11 is 0. The van der Waals surface area contributed by atoms with Crippen LogP contribution in [0.4, 0.5) is 0 Å². The largest absolute Gasteiger partial charge is 0.366 e. The van der Waals surface area contributed by atoms with Crippen molar-refractivity contribution in [1.29, 1.82) is 0 Å². The lowest BCUT2D eigenvalue weighted by molar-refractivity contribution is 0.0964. The zero-order valence-corrected chi connectivity index (χ0v) is 8.53. The summed E-state index contributed by atoms with van der Waals surface area (Å²) in [6.45, 7) is 2.64. The van der Waals surface area contributed by atoms with Gasteiger partial charge in [-0.25, -0.2) is 0 Å². The van der Waals surface area contributed by atoms with E-state index in [0.717, 1.165) is 0 Å². The van der Waals surface area contributed by atoms with Gasteiger partial charge >= 0.3 is 0 Å². The van der Waals surface area contributed by atoms with Gasteiger partial charge in [0.2, 0.25) is 5.91 Å². The lowest BCUT2D eigenvalue weighted by Gasteiger charge is -2.07. The lowest BCUT2D eigenvalue weighted by atomic mass is 9.95. The van der Waals surface area contributed by atoms with Crippen LogP contribution in [0.15, 0.2) is 18.2 Å². The Kier molecular flexibility index (Phi) is 2.99. The highest BCUT2D eigenvalue weighted by Gasteiger charge is 2.18. The van der Waals surface area contributed by atoms with Crippen LogP contribution in [-0.4, -0.2) is 17.5 Å². The third kappa shape index (κ3) is 2.10. The van der Waals surface area contributed by atoms with E-state index in [0.29, 0.717) is 0 Å². The van der Waals surface area contributed by atoms with Crippen molar-refractivity contribution >= 4 is 17.5 Å². The molecule has 0 unspecified atom stereocenters. The fourth-order valence-corrected chi connectivity index (χ4v) is 1.43. The van der Waals surface area contributed by atoms with Gasteiger partial charge in [-0.2, -0.15) is 0 Å². The quantitative estimate of drug-likeness (QED) is 0.753. The number of rotatable bonds is 3. The summed E-state index contributed by atoms with van der Waals surface area (Å²) in [5.74, 6) is -1.30. The summed E-state index contributed by atoms with van der Waals surface area (Å²) in [7, 11) is 0. The summed E-state index contributed by atoms with van der Waals surface area (Å²) in [6.07, 6.45) is 0. The zero-order chi connectivity index (χ0) is 11.6. The highest BCUT2D eigenvalue weighted by Crippen LogP contribution is 2.16. The number of carbonyl (C=O) groups is 3. The Morgan fingerprint density at radius 1 is 1.00 bits per heavy atom. The Morgan fingerprint density at radius 2 is 1.53 bits per heavy atom. The maximum Gasteiger partial charge on any atom is 0.249 e. The summed E-state index contributed by atoms with van der Waals surface area (Å²) < 4.78 is 0. The molecule has 1 amide bonds. The van der Waals surface area contributed by atoms with E-state index in [-0.39, 0.29) is 28.3 Å². The van der Waals surface area contributed by atoms with Gasteiger partial charge < -0.3 is 5.73 Å². The topological polar surface area (TPSA) is 77.2 Å². The second kappa shape index (κ2) is 4.04. The summed E-state index contributed by atoms with van der Waals surface area (Å²) in [5.41, 5.74) is 5.56. The summed E-state index contributed by atoms with van der Waals surface area (Å²) in [6, 6.07) is 4.47. The highest BCUT2D eigenvalue weighted by molar-refractivity contribution is 6.13. The van der Waals surface area contributed by atoms with Crippen molar-refractivity contribution in [2.24, 2.45) is 5.73 Å². The number of carbonyl (C=O) groups excluding carboxylic acids is 3. The van der Waals surface area contributed by atoms with Crippen molar-refractivity contribution in [1.82, 2.24) is 0 Å². The fraction of sp³-hybridized carbons (Fsp3) is 0.182. The maximum atomic E-state index is 11.3. The predicted molar refractivity (Wildman–Crippen MR) is 55.0 cm³/mol. The monoisotopic (exact) mass is 205 g/mol. The average Bonchev–Trinajstić information content (AvgIpc) is 2.16. The Bertz CT molecular complexity index is 417. The minimum absolute atomic E-state index is 0.0928. The second-order valence-corrected chi connectivity index (χ2v) is 3.20. The molecular formula is C11H11NO3. The molecule has 0 atom stereocenters. The van der Waals surface area contributed by atoms with Gasteiger partial charge in [-0.1, -0.05) is 12.1 Å². The number of hydrogen-bond acceptors (Lipinski definition) is 3. The minimum Gasteiger partial charge on any atom is -0.366 e. The van der Waals surface area contributed by atoms with Crippen LogP contribution in [0.25, 0.3) is 0 Å². The number of Topliss-reactive ketones (excluding diaryl/α,β-unsaturated/α-hetero) is 2. The fourth-order valence-electron chi connectivity index (χ4n) is 1.43. The van der Waals surface area contributed by atoms with Gasteiger partial charge in [0.05, 0.1) is 5.56 Å². The third-order valence-electron chi connectivity index (χ3n) is 2.06. The van der Waals surface area contributed by atoms with E-state index in [9.17, 15) is 14.4 Å². The van der Waals surface area contributed by atoms with E-state index in [1.165, 1.54) is 32.0 Å². The van der Waals surface area contributed by atoms with Crippen LogP contribution >= 0.6 is 0 Å². The van der Waals surface area contributed by atoms with Gasteiger partial charge in [-0.05, 0) is 19.9 Å². The van der Waals surface area contributed by atoms with Crippen LogP contribution in [0.1, 0.15) is 44.9 Å². The molecule has 78 valence electrons. The standard InChI is InChI=1S/C11H11NO3/c1-6(13)8-4-3-5-9(11(12)15)10(8)7(2)14/h3-5H,1-2H3,(H2,12,15). The Labute approximate surface area is 87.1 Å². The number of primary amides is 1. The molecule has 0 radical (unpaired) electrons. The van der Waals surface area contributed by atoms with Crippen LogP contribution < -0.4 is 5.73 Å². The molecule has 0 aliphatic carbocycles. The molecule has 0 saturated carbocycles. The molecule has 0 aliphatic rings. The first kappa shape index (κ1) is 11.1. The zero-order valence-electron chi connectivity index (χ0n) is 8.53. The Balaban J connectivity index is 3.56. The summed E-state index contributed by atoms with van der Waals surface area (Å²) in [5, 5.41) is 0. The molecule has 0 spiro atoms. The van der Waals surface area contributed by atoms with Crippen LogP contribution in [0.3, 0.4) is 0 Å². The van der Waals surface area contributed by atoms with Gasteiger partial charge in [0.15, 0.2) is 11.6 Å². The van der Waals surface area contributed by atoms with E-state index >= 15 is 0 Å². The molecule has 0 fully saturated rings. The van der Waals surface area contributed by atoms with Crippen LogP contribution in [0.2, 0.25) is 0 Å². The molecule has 0 aliphatic heterocycles. The number of nitrogens with two attached hydrogens (primary N) is 1. The van der Waals surface area contributed by atoms with E-state index in [1.807, 2.05) is 0 Å². The van der Waals surface area contributed by atoms with Gasteiger partial charge in [0.1, 0.15) is 0 Å². The first-order valence-corrected chi connectivity index (χ1v) is 4.40. The average molecular weight is 205 g/mol.